The second-order valence-corrected chi connectivity index (χ2v) is 8.16. The zero-order chi connectivity index (χ0) is 18.4. The lowest BCUT2D eigenvalue weighted by molar-refractivity contribution is -0.121. The molecule has 2 rings (SSSR count). The molecule has 0 spiro atoms. The number of nitrogens with one attached hydrogen (secondary N) is 1. The number of methoxy groups -OCH3 is 1. The summed E-state index contributed by atoms with van der Waals surface area (Å²) in [6.45, 7) is 1.20. The maximum absolute atomic E-state index is 12.1. The Morgan fingerprint density at radius 2 is 2.24 bits per heavy atom. The highest BCUT2D eigenvalue weighted by molar-refractivity contribution is 7.92. The fourth-order valence-electron chi connectivity index (χ4n) is 2.62. The van der Waals surface area contributed by atoms with Crippen molar-refractivity contribution >= 4 is 33.2 Å². The molecule has 9 heteroatoms. The molecule has 1 heterocycles. The van der Waals surface area contributed by atoms with Crippen LogP contribution in [0.2, 0.25) is 5.02 Å². The molecule has 0 aliphatic carbocycles. The molecule has 1 saturated heterocycles. The molecule has 1 unspecified atom stereocenters. The van der Waals surface area contributed by atoms with E-state index in [1.807, 2.05) is 0 Å². The minimum absolute atomic E-state index is 0.0266. The summed E-state index contributed by atoms with van der Waals surface area (Å²) in [6, 6.07) is 4.69. The second-order valence-electron chi connectivity index (χ2n) is 5.84. The first-order valence-corrected chi connectivity index (χ1v) is 10.2. The van der Waals surface area contributed by atoms with Crippen LogP contribution < -0.4 is 14.4 Å². The van der Waals surface area contributed by atoms with Gasteiger partial charge in [-0.1, -0.05) is 11.6 Å². The lowest BCUT2D eigenvalue weighted by Crippen LogP contribution is -2.36. The number of carbonyl (C=O) groups is 1. The summed E-state index contributed by atoms with van der Waals surface area (Å²) in [6.07, 6.45) is 3.12. The van der Waals surface area contributed by atoms with Crippen molar-refractivity contribution in [2.45, 2.75) is 25.4 Å². The number of amides is 1. The molecule has 7 nitrogen and oxygen atoms in total. The molecule has 1 aromatic carbocycles. The second kappa shape index (κ2) is 8.73. The van der Waals surface area contributed by atoms with Gasteiger partial charge >= 0.3 is 0 Å². The van der Waals surface area contributed by atoms with Crippen LogP contribution in [0.3, 0.4) is 0 Å². The predicted octanol–water partition coefficient (Wildman–Crippen LogP) is 1.80. The maximum atomic E-state index is 12.1. The largest absolute Gasteiger partial charge is 0.495 e. The molecular formula is C16H23ClN2O5S. The van der Waals surface area contributed by atoms with Gasteiger partial charge in [-0.3, -0.25) is 9.10 Å². The van der Waals surface area contributed by atoms with Gasteiger partial charge in [-0.2, -0.15) is 0 Å². The smallest absolute Gasteiger partial charge is 0.232 e. The maximum Gasteiger partial charge on any atom is 0.232 e. The van der Waals surface area contributed by atoms with Gasteiger partial charge in [0.05, 0.1) is 30.2 Å². The fraction of sp³-hybridized carbons (Fsp3) is 0.562. The van der Waals surface area contributed by atoms with Crippen LogP contribution in [-0.2, 0) is 19.6 Å². The van der Waals surface area contributed by atoms with Gasteiger partial charge < -0.3 is 14.8 Å². The monoisotopic (exact) mass is 390 g/mol. The number of carbonyl (C=O) groups excluding carboxylic acids is 1. The Bertz CT molecular complexity index is 704. The van der Waals surface area contributed by atoms with Gasteiger partial charge in [-0.05, 0) is 31.0 Å². The zero-order valence-electron chi connectivity index (χ0n) is 14.3. The van der Waals surface area contributed by atoms with Crippen molar-refractivity contribution in [3.8, 4) is 5.75 Å². The summed E-state index contributed by atoms with van der Waals surface area (Å²) in [5, 5.41) is 3.08. The van der Waals surface area contributed by atoms with E-state index in [0.717, 1.165) is 30.0 Å². The highest BCUT2D eigenvalue weighted by atomic mass is 35.5. The van der Waals surface area contributed by atoms with Gasteiger partial charge in [-0.25, -0.2) is 8.42 Å². The molecule has 1 N–H and O–H groups in total. The molecule has 0 saturated carbocycles. The molecular weight excluding hydrogens is 368 g/mol. The van der Waals surface area contributed by atoms with Crippen molar-refractivity contribution in [3.05, 3.63) is 23.2 Å². The van der Waals surface area contributed by atoms with Crippen LogP contribution in [0.1, 0.15) is 19.3 Å². The van der Waals surface area contributed by atoms with Gasteiger partial charge in [0.15, 0.2) is 0 Å². The Kier molecular flexibility index (Phi) is 6.92. The first-order valence-electron chi connectivity index (χ1n) is 8.01. The first kappa shape index (κ1) is 19.8. The van der Waals surface area contributed by atoms with Crippen LogP contribution in [-0.4, -0.2) is 53.5 Å². The molecule has 0 aromatic heterocycles. The topological polar surface area (TPSA) is 84.9 Å². The van der Waals surface area contributed by atoms with Crippen LogP contribution in [0.25, 0.3) is 0 Å². The van der Waals surface area contributed by atoms with Gasteiger partial charge in [0.2, 0.25) is 15.9 Å². The van der Waals surface area contributed by atoms with E-state index in [2.05, 4.69) is 5.32 Å². The fourth-order valence-corrected chi connectivity index (χ4v) is 3.79. The number of hydrogen-bond donors (Lipinski definition) is 1. The summed E-state index contributed by atoms with van der Waals surface area (Å²) in [4.78, 5) is 12.0. The third kappa shape index (κ3) is 5.76. The van der Waals surface area contributed by atoms with Crippen LogP contribution in [0.5, 0.6) is 5.75 Å². The Balaban J connectivity index is 1.98. The van der Waals surface area contributed by atoms with Crippen LogP contribution in [0.4, 0.5) is 5.69 Å². The Labute approximate surface area is 153 Å². The minimum atomic E-state index is -3.55. The molecule has 0 radical (unpaired) electrons. The summed E-state index contributed by atoms with van der Waals surface area (Å²) in [5.41, 5.74) is 0.389. The number of halogens is 1. The van der Waals surface area contributed by atoms with Gasteiger partial charge in [0, 0.05) is 26.1 Å². The van der Waals surface area contributed by atoms with Crippen molar-refractivity contribution < 1.29 is 22.7 Å². The molecule has 140 valence electrons. The van der Waals surface area contributed by atoms with E-state index in [0.29, 0.717) is 23.0 Å². The van der Waals surface area contributed by atoms with Crippen LogP contribution in [0, 0.1) is 0 Å². The van der Waals surface area contributed by atoms with E-state index in [1.165, 1.54) is 13.2 Å². The molecule has 1 aromatic rings. The lowest BCUT2D eigenvalue weighted by atomic mass is 10.2. The van der Waals surface area contributed by atoms with Crippen molar-refractivity contribution in [2.24, 2.45) is 0 Å². The molecule has 1 aliphatic rings. The lowest BCUT2D eigenvalue weighted by Gasteiger charge is -2.23. The molecule has 1 atom stereocenters. The average molecular weight is 391 g/mol. The first-order chi connectivity index (χ1) is 11.8. The van der Waals surface area contributed by atoms with E-state index >= 15 is 0 Å². The van der Waals surface area contributed by atoms with Gasteiger partial charge in [-0.15, -0.1) is 0 Å². The van der Waals surface area contributed by atoms with E-state index < -0.39 is 10.0 Å². The molecule has 1 aliphatic heterocycles. The standard InChI is InChI=1S/C16H23ClN2O5S/c1-23-15-6-5-12(10-14(15)17)19(25(2,21)22)8-7-16(20)18-11-13-4-3-9-24-13/h5-6,10,13H,3-4,7-9,11H2,1-2H3,(H,18,20). The highest BCUT2D eigenvalue weighted by Crippen LogP contribution is 2.30. The average Bonchev–Trinajstić information content (AvgIpc) is 3.05. The van der Waals surface area contributed by atoms with Gasteiger partial charge in [0.25, 0.3) is 0 Å². The molecule has 1 fully saturated rings. The van der Waals surface area contributed by atoms with E-state index in [1.54, 1.807) is 12.1 Å². The van der Waals surface area contributed by atoms with Crippen molar-refractivity contribution in [1.29, 1.82) is 0 Å². The molecule has 1 amide bonds. The number of hydrogen-bond acceptors (Lipinski definition) is 5. The number of nitrogens with zero attached hydrogens (tertiary/aromatic N) is 1. The summed E-state index contributed by atoms with van der Waals surface area (Å²) in [7, 11) is -2.07. The Morgan fingerprint density at radius 3 is 2.80 bits per heavy atom. The third-order valence-corrected chi connectivity index (χ3v) is 5.41. The Morgan fingerprint density at radius 1 is 1.48 bits per heavy atom. The van der Waals surface area contributed by atoms with E-state index in [9.17, 15) is 13.2 Å². The molecule has 0 bridgehead atoms. The molecule has 25 heavy (non-hydrogen) atoms. The number of benzene rings is 1. The van der Waals surface area contributed by atoms with Crippen molar-refractivity contribution in [2.75, 3.05) is 37.4 Å². The SMILES string of the molecule is COc1ccc(N(CCC(=O)NCC2CCCO2)S(C)(=O)=O)cc1Cl. The quantitative estimate of drug-likeness (QED) is 0.731. The number of sulfonamides is 1. The number of anilines is 1. The predicted molar refractivity (Wildman–Crippen MR) is 96.8 cm³/mol. The zero-order valence-corrected chi connectivity index (χ0v) is 15.9. The normalized spacial score (nSPS) is 17.3. The summed E-state index contributed by atoms with van der Waals surface area (Å²) < 4.78 is 35.8. The number of ether oxygens (including phenoxy) is 2. The summed E-state index contributed by atoms with van der Waals surface area (Å²) >= 11 is 6.07. The van der Waals surface area contributed by atoms with E-state index in [-0.39, 0.29) is 25.0 Å². The van der Waals surface area contributed by atoms with Crippen LogP contribution >= 0.6 is 11.6 Å². The Hall–Kier alpha value is -1.51. The van der Waals surface area contributed by atoms with Crippen molar-refractivity contribution in [3.63, 3.8) is 0 Å². The van der Waals surface area contributed by atoms with Gasteiger partial charge in [0.1, 0.15) is 5.75 Å². The number of rotatable bonds is 8. The van der Waals surface area contributed by atoms with Crippen molar-refractivity contribution in [1.82, 2.24) is 5.32 Å². The summed E-state index contributed by atoms with van der Waals surface area (Å²) in [5.74, 6) is 0.233. The highest BCUT2D eigenvalue weighted by Gasteiger charge is 2.21. The van der Waals surface area contributed by atoms with Crippen LogP contribution in [0.15, 0.2) is 18.2 Å². The third-order valence-electron chi connectivity index (χ3n) is 3.92. The van der Waals surface area contributed by atoms with E-state index in [4.69, 9.17) is 21.1 Å². The minimum Gasteiger partial charge on any atom is -0.495 e.